The van der Waals surface area contributed by atoms with E-state index >= 15 is 0 Å². The van der Waals surface area contributed by atoms with E-state index in [9.17, 15) is 0 Å². The van der Waals surface area contributed by atoms with Crippen molar-refractivity contribution in [2.75, 3.05) is 0 Å². The summed E-state index contributed by atoms with van der Waals surface area (Å²) in [7, 11) is 0. The Morgan fingerprint density at radius 2 is 1.74 bits per heavy atom. The highest BCUT2D eigenvalue weighted by Crippen LogP contribution is 2.33. The summed E-state index contributed by atoms with van der Waals surface area (Å²) in [5.74, 6) is 0. The van der Waals surface area contributed by atoms with Crippen molar-refractivity contribution < 1.29 is 0 Å². The van der Waals surface area contributed by atoms with Crippen molar-refractivity contribution in [2.45, 2.75) is 15.8 Å². The first-order valence-corrected chi connectivity index (χ1v) is 6.80. The van der Waals surface area contributed by atoms with Crippen molar-refractivity contribution in [3.63, 3.8) is 0 Å². The Hall–Kier alpha value is -0.930. The third-order valence-corrected chi connectivity index (χ3v) is 3.93. The minimum absolute atomic E-state index is 0. The molecular formula is C15H15Cl2NS. The number of rotatable bonds is 4. The lowest BCUT2D eigenvalue weighted by Crippen LogP contribution is -2.07. The van der Waals surface area contributed by atoms with Crippen LogP contribution in [0.2, 0.25) is 5.02 Å². The van der Waals surface area contributed by atoms with E-state index < -0.39 is 0 Å². The number of nitrogens with two attached hydrogens (primary N) is 1. The summed E-state index contributed by atoms with van der Waals surface area (Å²) in [6.07, 6.45) is 1.75. The van der Waals surface area contributed by atoms with Crippen molar-refractivity contribution in [1.29, 1.82) is 0 Å². The normalized spacial score (nSPS) is 11.5. The molecule has 2 aromatic rings. The highest BCUT2D eigenvalue weighted by atomic mass is 35.5. The van der Waals surface area contributed by atoms with E-state index in [-0.39, 0.29) is 18.4 Å². The molecule has 0 heterocycles. The van der Waals surface area contributed by atoms with Gasteiger partial charge < -0.3 is 5.73 Å². The van der Waals surface area contributed by atoms with E-state index in [0.29, 0.717) is 0 Å². The molecule has 19 heavy (non-hydrogen) atoms. The maximum Gasteiger partial charge on any atom is 0.0489 e. The van der Waals surface area contributed by atoms with E-state index in [2.05, 4.69) is 12.6 Å². The van der Waals surface area contributed by atoms with Crippen LogP contribution in [0, 0.1) is 0 Å². The minimum Gasteiger partial charge on any atom is -0.321 e. The zero-order valence-electron chi connectivity index (χ0n) is 10.3. The van der Waals surface area contributed by atoms with Crippen LogP contribution in [-0.2, 0) is 0 Å². The first-order chi connectivity index (χ1) is 8.70. The van der Waals surface area contributed by atoms with Gasteiger partial charge in [0.05, 0.1) is 0 Å². The topological polar surface area (TPSA) is 26.0 Å². The molecule has 0 bridgehead atoms. The fourth-order valence-electron chi connectivity index (χ4n) is 1.61. The molecule has 0 fully saturated rings. The molecule has 2 rings (SSSR count). The van der Waals surface area contributed by atoms with Gasteiger partial charge in [-0.15, -0.1) is 19.0 Å². The second-order valence-corrected chi connectivity index (χ2v) is 5.41. The first kappa shape index (κ1) is 16.1. The average Bonchev–Trinajstić information content (AvgIpc) is 2.41. The fourth-order valence-corrected chi connectivity index (χ4v) is 2.73. The second-order valence-electron chi connectivity index (χ2n) is 3.86. The quantitative estimate of drug-likeness (QED) is 0.795. The van der Waals surface area contributed by atoms with Crippen LogP contribution >= 0.6 is 35.8 Å². The summed E-state index contributed by atoms with van der Waals surface area (Å²) in [6, 6.07) is 15.7. The molecule has 100 valence electrons. The zero-order valence-corrected chi connectivity index (χ0v) is 12.6. The highest BCUT2D eigenvalue weighted by molar-refractivity contribution is 7.99. The van der Waals surface area contributed by atoms with Gasteiger partial charge in [0.1, 0.15) is 0 Å². The van der Waals surface area contributed by atoms with Gasteiger partial charge in [-0.2, -0.15) is 0 Å². The molecule has 0 aliphatic heterocycles. The Morgan fingerprint density at radius 3 is 2.37 bits per heavy atom. The highest BCUT2D eigenvalue weighted by Gasteiger charge is 2.08. The van der Waals surface area contributed by atoms with E-state index in [0.717, 1.165) is 20.4 Å². The SMILES string of the molecule is C=C[C@@H](N)c1ccccc1Sc1ccc(Cl)cc1.Cl. The molecule has 0 amide bonds. The molecule has 2 aromatic carbocycles. The van der Waals surface area contributed by atoms with Crippen molar-refractivity contribution >= 4 is 35.8 Å². The molecule has 0 aliphatic carbocycles. The molecule has 1 nitrogen and oxygen atoms in total. The molecule has 0 spiro atoms. The Kier molecular flexibility index (Phi) is 6.46. The number of hydrogen-bond donors (Lipinski definition) is 1. The van der Waals surface area contributed by atoms with E-state index in [1.54, 1.807) is 17.8 Å². The summed E-state index contributed by atoms with van der Waals surface area (Å²) >= 11 is 7.56. The van der Waals surface area contributed by atoms with Gasteiger partial charge in [0.25, 0.3) is 0 Å². The summed E-state index contributed by atoms with van der Waals surface area (Å²) in [5, 5.41) is 0.746. The first-order valence-electron chi connectivity index (χ1n) is 5.61. The van der Waals surface area contributed by atoms with Crippen LogP contribution in [0.25, 0.3) is 0 Å². The zero-order chi connectivity index (χ0) is 13.0. The lowest BCUT2D eigenvalue weighted by atomic mass is 10.1. The predicted octanol–water partition coefficient (Wildman–Crippen LogP) is 5.10. The molecule has 4 heteroatoms. The number of benzene rings is 2. The van der Waals surface area contributed by atoms with Gasteiger partial charge in [0.2, 0.25) is 0 Å². The summed E-state index contributed by atoms with van der Waals surface area (Å²) in [5.41, 5.74) is 7.11. The third kappa shape index (κ3) is 4.29. The van der Waals surface area contributed by atoms with Crippen LogP contribution < -0.4 is 5.73 Å². The van der Waals surface area contributed by atoms with Crippen molar-refractivity contribution in [2.24, 2.45) is 5.73 Å². The largest absolute Gasteiger partial charge is 0.321 e. The summed E-state index contributed by atoms with van der Waals surface area (Å²) in [6.45, 7) is 3.75. The van der Waals surface area contributed by atoms with Gasteiger partial charge in [0.15, 0.2) is 0 Å². The maximum atomic E-state index is 6.02. The standard InChI is InChI=1S/C15H14ClNS.ClH/c1-2-14(17)13-5-3-4-6-15(13)18-12-9-7-11(16)8-10-12;/h2-10,14H,1,17H2;1H/t14-;/m1./s1. The van der Waals surface area contributed by atoms with Gasteiger partial charge in [0, 0.05) is 20.9 Å². The van der Waals surface area contributed by atoms with Gasteiger partial charge >= 0.3 is 0 Å². The van der Waals surface area contributed by atoms with Crippen LogP contribution in [0.3, 0.4) is 0 Å². The molecule has 0 saturated heterocycles. The summed E-state index contributed by atoms with van der Waals surface area (Å²) in [4.78, 5) is 2.29. The Morgan fingerprint density at radius 1 is 1.11 bits per heavy atom. The van der Waals surface area contributed by atoms with E-state index in [1.165, 1.54) is 0 Å². The Balaban J connectivity index is 0.00000180. The number of halogens is 2. The molecule has 0 radical (unpaired) electrons. The molecule has 0 unspecified atom stereocenters. The maximum absolute atomic E-state index is 6.02. The monoisotopic (exact) mass is 311 g/mol. The van der Waals surface area contributed by atoms with Gasteiger partial charge in [-0.05, 0) is 35.9 Å². The number of hydrogen-bond acceptors (Lipinski definition) is 2. The Labute approximate surface area is 129 Å². The van der Waals surface area contributed by atoms with Crippen molar-refractivity contribution in [3.05, 3.63) is 71.8 Å². The van der Waals surface area contributed by atoms with E-state index in [4.69, 9.17) is 17.3 Å². The molecular weight excluding hydrogens is 297 g/mol. The molecule has 0 aliphatic rings. The Bertz CT molecular complexity index is 540. The molecule has 0 saturated carbocycles. The smallest absolute Gasteiger partial charge is 0.0489 e. The van der Waals surface area contributed by atoms with Crippen LogP contribution in [0.5, 0.6) is 0 Å². The summed E-state index contributed by atoms with van der Waals surface area (Å²) < 4.78 is 0. The molecule has 0 aromatic heterocycles. The van der Waals surface area contributed by atoms with Gasteiger partial charge in [-0.1, -0.05) is 47.6 Å². The lowest BCUT2D eigenvalue weighted by Gasteiger charge is -2.12. The van der Waals surface area contributed by atoms with Gasteiger partial charge in [-0.3, -0.25) is 0 Å². The molecule has 2 N–H and O–H groups in total. The van der Waals surface area contributed by atoms with Crippen molar-refractivity contribution in [3.8, 4) is 0 Å². The van der Waals surface area contributed by atoms with Gasteiger partial charge in [-0.25, -0.2) is 0 Å². The minimum atomic E-state index is -0.138. The van der Waals surface area contributed by atoms with Crippen LogP contribution in [0.1, 0.15) is 11.6 Å². The van der Waals surface area contributed by atoms with Crippen LogP contribution in [0.15, 0.2) is 71.0 Å². The van der Waals surface area contributed by atoms with Crippen molar-refractivity contribution in [1.82, 2.24) is 0 Å². The lowest BCUT2D eigenvalue weighted by molar-refractivity contribution is 0.886. The fraction of sp³-hybridized carbons (Fsp3) is 0.0667. The van der Waals surface area contributed by atoms with Crippen LogP contribution in [0.4, 0.5) is 0 Å². The second kappa shape index (κ2) is 7.61. The average molecular weight is 312 g/mol. The van der Waals surface area contributed by atoms with Crippen LogP contribution in [-0.4, -0.2) is 0 Å². The predicted molar refractivity (Wildman–Crippen MR) is 86.4 cm³/mol. The molecule has 1 atom stereocenters. The van der Waals surface area contributed by atoms with E-state index in [1.807, 2.05) is 42.5 Å². The third-order valence-electron chi connectivity index (χ3n) is 2.57.